The molecule has 5 rings (SSSR count). The number of aromatic amines is 1. The second kappa shape index (κ2) is 7.85. The Labute approximate surface area is 177 Å². The van der Waals surface area contributed by atoms with Crippen molar-refractivity contribution in [2.24, 2.45) is 0 Å². The first-order chi connectivity index (χ1) is 14.6. The number of halogens is 2. The molecular formula is C21H22ClFN6O. The molecule has 0 aliphatic carbocycles. The van der Waals surface area contributed by atoms with Crippen molar-refractivity contribution < 1.29 is 4.39 Å². The Morgan fingerprint density at radius 1 is 1.13 bits per heavy atom. The fourth-order valence-electron chi connectivity index (χ4n) is 4.35. The van der Waals surface area contributed by atoms with E-state index in [0.717, 1.165) is 50.5 Å². The Morgan fingerprint density at radius 2 is 1.97 bits per heavy atom. The van der Waals surface area contributed by atoms with E-state index in [4.69, 9.17) is 11.6 Å². The van der Waals surface area contributed by atoms with Crippen molar-refractivity contribution in [3.63, 3.8) is 0 Å². The molecule has 4 heterocycles. The lowest BCUT2D eigenvalue weighted by Gasteiger charge is -2.35. The van der Waals surface area contributed by atoms with Crippen molar-refractivity contribution in [1.82, 2.24) is 20.1 Å². The van der Waals surface area contributed by atoms with Gasteiger partial charge < -0.3 is 15.2 Å². The van der Waals surface area contributed by atoms with Gasteiger partial charge in [0.15, 0.2) is 11.0 Å². The minimum atomic E-state index is -0.292. The molecule has 0 radical (unpaired) electrons. The Balaban J connectivity index is 1.34. The van der Waals surface area contributed by atoms with Gasteiger partial charge >= 0.3 is 0 Å². The van der Waals surface area contributed by atoms with E-state index in [1.165, 1.54) is 0 Å². The van der Waals surface area contributed by atoms with Crippen LogP contribution in [0.15, 0.2) is 29.1 Å². The summed E-state index contributed by atoms with van der Waals surface area (Å²) in [4.78, 5) is 19.7. The maximum absolute atomic E-state index is 15.0. The van der Waals surface area contributed by atoms with Crippen LogP contribution in [0.1, 0.15) is 17.5 Å². The number of nitrogens with zero attached hydrogens (tertiary/aromatic N) is 4. The van der Waals surface area contributed by atoms with Crippen LogP contribution in [0, 0.1) is 5.82 Å². The molecule has 0 bridgehead atoms. The van der Waals surface area contributed by atoms with E-state index < -0.39 is 0 Å². The predicted molar refractivity (Wildman–Crippen MR) is 116 cm³/mol. The zero-order chi connectivity index (χ0) is 20.7. The van der Waals surface area contributed by atoms with Gasteiger partial charge in [-0.1, -0.05) is 11.6 Å². The normalized spacial score (nSPS) is 17.1. The average Bonchev–Trinajstić information content (AvgIpc) is 2.75. The van der Waals surface area contributed by atoms with Gasteiger partial charge in [-0.3, -0.25) is 9.69 Å². The molecule has 0 atom stereocenters. The highest BCUT2D eigenvalue weighted by Crippen LogP contribution is 2.30. The third-order valence-corrected chi connectivity index (χ3v) is 6.05. The van der Waals surface area contributed by atoms with Crippen molar-refractivity contribution in [3.05, 3.63) is 56.7 Å². The summed E-state index contributed by atoms with van der Waals surface area (Å²) in [5.74, 6) is 0.519. The number of fused-ring (bicyclic) bond motifs is 3. The molecule has 2 aliphatic heterocycles. The molecule has 2 aromatic heterocycles. The number of nitrogens with one attached hydrogen (secondary N) is 2. The van der Waals surface area contributed by atoms with Crippen LogP contribution in [0.2, 0.25) is 5.15 Å². The molecule has 1 aromatic carbocycles. The standard InChI is InChI=1S/C21H22ClFN6O/c22-17-3-4-18(27-26-17)29-8-6-28(7-9-29)12-13-10-15(23)19-16(11-13)25-21(30)14-2-1-5-24-20(14)19/h3-4,10-11,24H,1-2,5-9,12H2,(H,25,30). The molecule has 30 heavy (non-hydrogen) atoms. The van der Waals surface area contributed by atoms with Gasteiger partial charge in [0.05, 0.1) is 16.6 Å². The minimum Gasteiger partial charge on any atom is -0.384 e. The molecule has 1 fully saturated rings. The first-order valence-corrected chi connectivity index (χ1v) is 10.5. The highest BCUT2D eigenvalue weighted by molar-refractivity contribution is 6.29. The van der Waals surface area contributed by atoms with Crippen molar-refractivity contribution in [2.45, 2.75) is 19.4 Å². The van der Waals surface area contributed by atoms with Gasteiger partial charge in [-0.15, -0.1) is 10.2 Å². The van der Waals surface area contributed by atoms with Crippen molar-refractivity contribution >= 4 is 34.0 Å². The highest BCUT2D eigenvalue weighted by atomic mass is 35.5. The summed E-state index contributed by atoms with van der Waals surface area (Å²) in [5.41, 5.74) is 2.59. The number of benzene rings is 1. The minimum absolute atomic E-state index is 0.126. The van der Waals surface area contributed by atoms with E-state index in [0.29, 0.717) is 40.3 Å². The zero-order valence-corrected chi connectivity index (χ0v) is 17.2. The second-order valence-corrected chi connectivity index (χ2v) is 8.20. The Kier molecular flexibility index (Phi) is 5.04. The van der Waals surface area contributed by atoms with E-state index in [9.17, 15) is 4.79 Å². The van der Waals surface area contributed by atoms with Crippen LogP contribution in [0.25, 0.3) is 10.9 Å². The zero-order valence-electron chi connectivity index (χ0n) is 16.4. The summed E-state index contributed by atoms with van der Waals surface area (Å²) in [5, 5.41) is 12.1. The number of piperazine rings is 1. The van der Waals surface area contributed by atoms with Crippen LogP contribution in [-0.4, -0.2) is 52.8 Å². The Bertz CT molecular complexity index is 1140. The lowest BCUT2D eigenvalue weighted by molar-refractivity contribution is 0.249. The third kappa shape index (κ3) is 3.61. The number of H-pyrrole nitrogens is 1. The number of hydrogen-bond acceptors (Lipinski definition) is 6. The number of hydrogen-bond donors (Lipinski definition) is 2. The van der Waals surface area contributed by atoms with Crippen LogP contribution in [0.3, 0.4) is 0 Å². The van der Waals surface area contributed by atoms with Gasteiger partial charge in [0.25, 0.3) is 5.56 Å². The van der Waals surface area contributed by atoms with E-state index in [1.807, 2.05) is 12.1 Å². The van der Waals surface area contributed by atoms with Gasteiger partial charge in [0.1, 0.15) is 5.82 Å². The summed E-state index contributed by atoms with van der Waals surface area (Å²) in [6, 6.07) is 7.10. The smallest absolute Gasteiger partial charge is 0.253 e. The van der Waals surface area contributed by atoms with Crippen LogP contribution in [0.5, 0.6) is 0 Å². The van der Waals surface area contributed by atoms with E-state index in [2.05, 4.69) is 30.3 Å². The lowest BCUT2D eigenvalue weighted by Crippen LogP contribution is -2.46. The molecule has 156 valence electrons. The van der Waals surface area contributed by atoms with Crippen LogP contribution in [0.4, 0.5) is 15.9 Å². The largest absolute Gasteiger partial charge is 0.384 e. The molecular weight excluding hydrogens is 407 g/mol. The van der Waals surface area contributed by atoms with Crippen LogP contribution < -0.4 is 15.8 Å². The molecule has 2 N–H and O–H groups in total. The molecule has 1 saturated heterocycles. The first-order valence-electron chi connectivity index (χ1n) is 10.2. The topological polar surface area (TPSA) is 77.2 Å². The molecule has 0 unspecified atom stereocenters. The summed E-state index contributed by atoms with van der Waals surface area (Å²) in [7, 11) is 0. The molecule has 9 heteroatoms. The maximum Gasteiger partial charge on any atom is 0.253 e. The number of anilines is 2. The number of aromatic nitrogens is 3. The van der Waals surface area contributed by atoms with Crippen molar-refractivity contribution in [3.8, 4) is 0 Å². The maximum atomic E-state index is 15.0. The fourth-order valence-corrected chi connectivity index (χ4v) is 4.45. The molecule has 2 aliphatic rings. The molecule has 3 aromatic rings. The van der Waals surface area contributed by atoms with Gasteiger partial charge in [0.2, 0.25) is 0 Å². The van der Waals surface area contributed by atoms with E-state index >= 15 is 4.39 Å². The SMILES string of the molecule is O=c1[nH]c2cc(CN3CCN(c4ccc(Cl)nn4)CC3)cc(F)c2c2c1CCCN2. The van der Waals surface area contributed by atoms with E-state index in [-0.39, 0.29) is 11.4 Å². The van der Waals surface area contributed by atoms with Crippen molar-refractivity contribution in [2.75, 3.05) is 42.9 Å². The number of rotatable bonds is 3. The highest BCUT2D eigenvalue weighted by Gasteiger charge is 2.21. The Morgan fingerprint density at radius 3 is 2.73 bits per heavy atom. The molecule has 7 nitrogen and oxygen atoms in total. The fraction of sp³-hybridized carbons (Fsp3) is 0.381. The molecule has 0 spiro atoms. The van der Waals surface area contributed by atoms with Crippen molar-refractivity contribution in [1.29, 1.82) is 0 Å². The second-order valence-electron chi connectivity index (χ2n) is 7.82. The van der Waals surface area contributed by atoms with Gasteiger partial charge in [-0.25, -0.2) is 4.39 Å². The molecule has 0 saturated carbocycles. The quantitative estimate of drug-likeness (QED) is 0.668. The van der Waals surface area contributed by atoms with Crippen LogP contribution in [-0.2, 0) is 13.0 Å². The van der Waals surface area contributed by atoms with Gasteiger partial charge in [-0.05, 0) is 42.7 Å². The Hall–Kier alpha value is -2.71. The molecule has 0 amide bonds. The van der Waals surface area contributed by atoms with E-state index in [1.54, 1.807) is 12.1 Å². The summed E-state index contributed by atoms with van der Waals surface area (Å²) in [6.45, 7) is 4.65. The number of pyridine rings is 1. The monoisotopic (exact) mass is 428 g/mol. The third-order valence-electron chi connectivity index (χ3n) is 5.85. The average molecular weight is 429 g/mol. The van der Waals surface area contributed by atoms with Gasteiger partial charge in [0, 0.05) is 44.8 Å². The summed E-state index contributed by atoms with van der Waals surface area (Å²) < 4.78 is 15.0. The predicted octanol–water partition coefficient (Wildman–Crippen LogP) is 2.79. The van der Waals surface area contributed by atoms with Crippen LogP contribution >= 0.6 is 11.6 Å². The first kappa shape index (κ1) is 19.3. The summed E-state index contributed by atoms with van der Waals surface area (Å²) in [6.07, 6.45) is 1.56. The summed E-state index contributed by atoms with van der Waals surface area (Å²) >= 11 is 5.81. The van der Waals surface area contributed by atoms with Gasteiger partial charge in [-0.2, -0.15) is 0 Å². The lowest BCUT2D eigenvalue weighted by atomic mass is 10.00.